The Morgan fingerprint density at radius 2 is 2.10 bits per heavy atom. The first kappa shape index (κ1) is 22.1. The van der Waals surface area contributed by atoms with Gasteiger partial charge in [0.15, 0.2) is 11.6 Å². The van der Waals surface area contributed by atoms with Crippen molar-refractivity contribution in [1.29, 1.82) is 0 Å². The Hall–Kier alpha value is -2.58. The Labute approximate surface area is 174 Å². The second kappa shape index (κ2) is 8.65. The largest absolute Gasteiger partial charge is 0.493 e. The molecule has 0 spiro atoms. The zero-order valence-electron chi connectivity index (χ0n) is 17.4. The van der Waals surface area contributed by atoms with Gasteiger partial charge in [0.1, 0.15) is 6.10 Å². The maximum absolute atomic E-state index is 14.2. The normalized spacial score (nSPS) is 21.3. The van der Waals surface area contributed by atoms with Gasteiger partial charge in [-0.3, -0.25) is 9.78 Å². The topological polar surface area (TPSA) is 80.7 Å². The van der Waals surface area contributed by atoms with Crippen LogP contribution in [0.15, 0.2) is 30.5 Å². The van der Waals surface area contributed by atoms with E-state index in [4.69, 9.17) is 9.47 Å². The van der Waals surface area contributed by atoms with Crippen LogP contribution in [0.1, 0.15) is 56.9 Å². The molecule has 0 aliphatic carbocycles. The van der Waals surface area contributed by atoms with Crippen LogP contribution >= 0.6 is 0 Å². The number of aliphatic hydroxyl groups excluding tert-OH is 1. The molecule has 0 radical (unpaired) electrons. The molecule has 3 atom stereocenters. The molecule has 2 N–H and O–H groups in total. The van der Waals surface area contributed by atoms with Crippen molar-refractivity contribution in [2.45, 2.75) is 57.3 Å². The van der Waals surface area contributed by atoms with Crippen molar-refractivity contribution >= 4 is 11.6 Å². The molecule has 1 fully saturated rings. The molecule has 0 saturated carbocycles. The fraction of sp³-hybridized carbons (Fsp3) is 0.455. The fourth-order valence-electron chi connectivity index (χ4n) is 3.77. The van der Waals surface area contributed by atoms with E-state index in [1.54, 1.807) is 12.1 Å². The lowest BCUT2D eigenvalue weighted by atomic mass is 9.86. The zero-order chi connectivity index (χ0) is 22.1. The highest BCUT2D eigenvalue weighted by atomic mass is 19.2. The van der Waals surface area contributed by atoms with E-state index in [-0.39, 0.29) is 5.75 Å². The summed E-state index contributed by atoms with van der Waals surface area (Å²) in [6, 6.07) is 5.73. The van der Waals surface area contributed by atoms with Gasteiger partial charge in [-0.1, -0.05) is 13.0 Å². The van der Waals surface area contributed by atoms with E-state index in [0.29, 0.717) is 29.8 Å². The molecule has 8 heteroatoms. The van der Waals surface area contributed by atoms with E-state index >= 15 is 0 Å². The van der Waals surface area contributed by atoms with Crippen LogP contribution in [-0.4, -0.2) is 34.8 Å². The Bertz CT molecular complexity index is 918. The van der Waals surface area contributed by atoms with E-state index in [1.165, 1.54) is 19.4 Å². The number of anilines is 1. The predicted molar refractivity (Wildman–Crippen MR) is 107 cm³/mol. The Balaban J connectivity index is 1.86. The highest BCUT2D eigenvalue weighted by Crippen LogP contribution is 2.45. The number of halogens is 2. The number of hydrogen-bond acceptors (Lipinski definition) is 5. The number of methoxy groups -OCH3 is 1. The van der Waals surface area contributed by atoms with Crippen LogP contribution in [0.3, 0.4) is 0 Å². The number of carbonyl (C=O) groups is 1. The number of nitrogens with one attached hydrogen (secondary N) is 1. The Morgan fingerprint density at radius 3 is 2.70 bits per heavy atom. The van der Waals surface area contributed by atoms with Crippen molar-refractivity contribution in [3.63, 3.8) is 0 Å². The lowest BCUT2D eigenvalue weighted by Crippen LogP contribution is -2.33. The van der Waals surface area contributed by atoms with Crippen molar-refractivity contribution in [2.24, 2.45) is 0 Å². The molecule has 0 unspecified atom stereocenters. The number of amides is 1. The van der Waals surface area contributed by atoms with Crippen LogP contribution < -0.4 is 10.1 Å². The minimum atomic E-state index is -1.09. The van der Waals surface area contributed by atoms with Gasteiger partial charge in [-0.05, 0) is 44.9 Å². The summed E-state index contributed by atoms with van der Waals surface area (Å²) in [6.07, 6.45) is 0.811. The predicted octanol–water partition coefficient (Wildman–Crippen LogP) is 4.10. The lowest BCUT2D eigenvalue weighted by Gasteiger charge is -2.21. The maximum atomic E-state index is 14.2. The van der Waals surface area contributed by atoms with Crippen LogP contribution in [0.5, 0.6) is 5.75 Å². The first-order valence-electron chi connectivity index (χ1n) is 9.81. The number of nitrogens with zero attached hydrogens (tertiary/aromatic N) is 1. The van der Waals surface area contributed by atoms with E-state index in [2.05, 4.69) is 10.3 Å². The van der Waals surface area contributed by atoms with Crippen molar-refractivity contribution in [3.8, 4) is 5.75 Å². The van der Waals surface area contributed by atoms with Gasteiger partial charge in [0.2, 0.25) is 5.82 Å². The molecule has 162 valence electrons. The summed E-state index contributed by atoms with van der Waals surface area (Å²) in [5.41, 5.74) is 0.687. The number of rotatable bonds is 6. The third-order valence-electron chi connectivity index (χ3n) is 5.25. The summed E-state index contributed by atoms with van der Waals surface area (Å²) in [5, 5.41) is 12.6. The summed E-state index contributed by atoms with van der Waals surface area (Å²) < 4.78 is 38.9. The third kappa shape index (κ3) is 4.44. The number of carbonyl (C=O) groups excluding carboxylic acids is 1. The second-order valence-electron chi connectivity index (χ2n) is 7.98. The molecule has 2 aromatic rings. The van der Waals surface area contributed by atoms with E-state index in [1.807, 2.05) is 20.8 Å². The molecule has 1 saturated heterocycles. The van der Waals surface area contributed by atoms with E-state index in [9.17, 15) is 18.7 Å². The number of pyridine rings is 1. The van der Waals surface area contributed by atoms with Gasteiger partial charge in [-0.2, -0.15) is 4.39 Å². The summed E-state index contributed by atoms with van der Waals surface area (Å²) in [4.78, 5) is 17.2. The quantitative estimate of drug-likeness (QED) is 0.735. The molecule has 3 rings (SSSR count). The minimum absolute atomic E-state index is 0.223. The third-order valence-corrected chi connectivity index (χ3v) is 5.25. The van der Waals surface area contributed by atoms with Crippen molar-refractivity contribution in [2.75, 3.05) is 12.4 Å². The maximum Gasteiger partial charge on any atom is 0.254 e. The van der Waals surface area contributed by atoms with Gasteiger partial charge < -0.3 is 19.9 Å². The molecule has 6 nitrogen and oxygen atoms in total. The zero-order valence-corrected chi connectivity index (χ0v) is 17.4. The van der Waals surface area contributed by atoms with Crippen LogP contribution in [0.2, 0.25) is 0 Å². The van der Waals surface area contributed by atoms with Crippen LogP contribution in [0.4, 0.5) is 14.5 Å². The van der Waals surface area contributed by atoms with Crippen molar-refractivity contribution < 1.29 is 28.2 Å². The van der Waals surface area contributed by atoms with Crippen LogP contribution in [0, 0.1) is 11.6 Å². The van der Waals surface area contributed by atoms with Gasteiger partial charge in [-0.25, -0.2) is 4.39 Å². The Kier molecular flexibility index (Phi) is 6.38. The van der Waals surface area contributed by atoms with E-state index < -0.39 is 41.3 Å². The van der Waals surface area contributed by atoms with Gasteiger partial charge >= 0.3 is 0 Å². The van der Waals surface area contributed by atoms with Crippen LogP contribution in [-0.2, 0) is 9.53 Å². The molecule has 1 amide bonds. The van der Waals surface area contributed by atoms with E-state index in [0.717, 1.165) is 6.07 Å². The van der Waals surface area contributed by atoms with Gasteiger partial charge in [0.05, 0.1) is 36.4 Å². The lowest BCUT2D eigenvalue weighted by molar-refractivity contribution is -0.130. The summed E-state index contributed by atoms with van der Waals surface area (Å²) in [6.45, 7) is 5.51. The Morgan fingerprint density at radius 1 is 1.37 bits per heavy atom. The molecule has 2 heterocycles. The van der Waals surface area contributed by atoms with Gasteiger partial charge in [-0.15, -0.1) is 0 Å². The monoisotopic (exact) mass is 420 g/mol. The fourth-order valence-corrected chi connectivity index (χ4v) is 3.77. The smallest absolute Gasteiger partial charge is 0.254 e. The van der Waals surface area contributed by atoms with Crippen LogP contribution in [0.25, 0.3) is 0 Å². The molecule has 1 aliphatic heterocycles. The highest BCUT2D eigenvalue weighted by molar-refractivity contribution is 5.95. The number of aliphatic hydroxyl groups is 1. The van der Waals surface area contributed by atoms with Gasteiger partial charge in [0, 0.05) is 11.5 Å². The summed E-state index contributed by atoms with van der Waals surface area (Å²) in [7, 11) is 1.26. The van der Waals surface area contributed by atoms with Crippen molar-refractivity contribution in [1.82, 2.24) is 4.98 Å². The number of benzene rings is 1. The highest BCUT2D eigenvalue weighted by Gasteiger charge is 2.46. The molecular formula is C22H26F2N2O4. The first-order chi connectivity index (χ1) is 14.2. The van der Waals surface area contributed by atoms with Gasteiger partial charge in [0.25, 0.3) is 5.91 Å². The van der Waals surface area contributed by atoms with Crippen molar-refractivity contribution in [3.05, 3.63) is 53.4 Å². The summed E-state index contributed by atoms with van der Waals surface area (Å²) >= 11 is 0. The molecule has 1 aromatic carbocycles. The SMILES string of the molecule is CC[C@@H](O)c1ccc(NC(=O)[C@H]2OC(C)(C)C[C@@H]2c2ccc(F)c(F)c2OC)cn1. The molecule has 0 bridgehead atoms. The molecule has 1 aromatic heterocycles. The molecule has 1 aliphatic rings. The number of ether oxygens (including phenoxy) is 2. The number of aromatic nitrogens is 1. The minimum Gasteiger partial charge on any atom is -0.493 e. The average molecular weight is 420 g/mol. The molecular weight excluding hydrogens is 394 g/mol. The average Bonchev–Trinajstić information content (AvgIpc) is 3.05. The number of hydrogen-bond donors (Lipinski definition) is 2. The summed E-state index contributed by atoms with van der Waals surface area (Å²) in [5.74, 6) is -3.29. The first-order valence-corrected chi connectivity index (χ1v) is 9.81. The second-order valence-corrected chi connectivity index (χ2v) is 7.98. The molecule has 30 heavy (non-hydrogen) atoms. The standard InChI is InChI=1S/C22H26F2N2O4/c1-5-17(27)16-9-6-12(11-25-16)26-21(28)20-14(10-22(2,3)30-20)13-7-8-15(23)18(24)19(13)29-4/h6-9,11,14,17,20,27H,5,10H2,1-4H3,(H,26,28)/t14-,17-,20+/m1/s1.